The topological polar surface area (TPSA) is 47.6 Å². The molecule has 0 bridgehead atoms. The minimum atomic E-state index is -0.0621. The minimum absolute atomic E-state index is 0.0592. The van der Waals surface area contributed by atoms with Crippen LogP contribution < -0.4 is 10.1 Å². The van der Waals surface area contributed by atoms with Crippen LogP contribution in [0.2, 0.25) is 0 Å². The van der Waals surface area contributed by atoms with E-state index in [4.69, 9.17) is 9.47 Å². The van der Waals surface area contributed by atoms with Gasteiger partial charge in [-0.15, -0.1) is 0 Å². The Morgan fingerprint density at radius 3 is 3.22 bits per heavy atom. The zero-order valence-corrected chi connectivity index (χ0v) is 10.0. The monoisotopic (exact) mass is 245 g/mol. The summed E-state index contributed by atoms with van der Waals surface area (Å²) < 4.78 is 11.2. The first-order valence-electron chi connectivity index (χ1n) is 6.12. The molecule has 4 nitrogen and oxygen atoms in total. The first-order valence-corrected chi connectivity index (χ1v) is 6.12. The van der Waals surface area contributed by atoms with Crippen molar-refractivity contribution in [3.05, 3.63) is 35.4 Å². The summed E-state index contributed by atoms with van der Waals surface area (Å²) in [7, 11) is 0. The van der Waals surface area contributed by atoms with Crippen molar-refractivity contribution >= 4 is 12.0 Å². The van der Waals surface area contributed by atoms with E-state index in [1.165, 1.54) is 11.1 Å². The van der Waals surface area contributed by atoms with Crippen molar-refractivity contribution < 1.29 is 14.3 Å². The van der Waals surface area contributed by atoms with Crippen LogP contribution in [0.5, 0.6) is 5.75 Å². The number of benzene rings is 1. The van der Waals surface area contributed by atoms with Gasteiger partial charge in [0.15, 0.2) is 0 Å². The largest absolute Gasteiger partial charge is 0.490 e. The third kappa shape index (κ3) is 2.24. The van der Waals surface area contributed by atoms with Crippen molar-refractivity contribution in [1.82, 2.24) is 5.32 Å². The van der Waals surface area contributed by atoms with Crippen molar-refractivity contribution in [2.45, 2.75) is 12.5 Å². The van der Waals surface area contributed by atoms with E-state index < -0.39 is 0 Å². The lowest BCUT2D eigenvalue weighted by atomic mass is 10.1. The molecule has 1 aliphatic heterocycles. The van der Waals surface area contributed by atoms with Crippen LogP contribution in [0.25, 0.3) is 6.08 Å². The molecular formula is C14H15NO3. The van der Waals surface area contributed by atoms with Crippen LogP contribution in [0.1, 0.15) is 11.1 Å². The molecule has 0 radical (unpaired) electrons. The summed E-state index contributed by atoms with van der Waals surface area (Å²) >= 11 is 0. The van der Waals surface area contributed by atoms with Gasteiger partial charge in [0.05, 0.1) is 0 Å². The van der Waals surface area contributed by atoms with Crippen LogP contribution in [-0.2, 0) is 16.0 Å². The first kappa shape index (κ1) is 11.3. The highest BCUT2D eigenvalue weighted by atomic mass is 16.5. The van der Waals surface area contributed by atoms with Gasteiger partial charge >= 0.3 is 0 Å². The molecule has 1 aliphatic carbocycles. The molecule has 1 saturated heterocycles. The van der Waals surface area contributed by atoms with Gasteiger partial charge in [0.25, 0.3) is 0 Å². The lowest BCUT2D eigenvalue weighted by molar-refractivity contribution is -0.134. The number of amides is 1. The van der Waals surface area contributed by atoms with Gasteiger partial charge in [-0.2, -0.15) is 0 Å². The Labute approximate surface area is 106 Å². The van der Waals surface area contributed by atoms with Crippen LogP contribution in [0.15, 0.2) is 24.3 Å². The zero-order valence-electron chi connectivity index (χ0n) is 10.0. The number of morpholine rings is 1. The van der Waals surface area contributed by atoms with Gasteiger partial charge in [0, 0.05) is 12.1 Å². The maximum atomic E-state index is 11.0. The summed E-state index contributed by atoms with van der Waals surface area (Å²) in [6.07, 6.45) is 5.11. The Bertz CT molecular complexity index is 486. The molecule has 94 valence electrons. The van der Waals surface area contributed by atoms with Gasteiger partial charge in [-0.25, -0.2) is 0 Å². The molecule has 1 amide bonds. The molecule has 1 heterocycles. The molecule has 0 spiro atoms. The van der Waals surface area contributed by atoms with E-state index in [1.54, 1.807) is 0 Å². The summed E-state index contributed by atoms with van der Waals surface area (Å²) in [5.41, 5.74) is 2.46. The zero-order chi connectivity index (χ0) is 12.4. The fraction of sp³-hybridized carbons (Fsp3) is 0.357. The summed E-state index contributed by atoms with van der Waals surface area (Å²) in [5, 5.41) is 2.76. The molecule has 0 saturated carbocycles. The summed E-state index contributed by atoms with van der Waals surface area (Å²) in [5.74, 6) is 0.856. The fourth-order valence-corrected chi connectivity index (χ4v) is 2.22. The third-order valence-corrected chi connectivity index (χ3v) is 3.19. The van der Waals surface area contributed by atoms with E-state index in [0.29, 0.717) is 13.2 Å². The highest BCUT2D eigenvalue weighted by Crippen LogP contribution is 2.28. The third-order valence-electron chi connectivity index (χ3n) is 3.19. The second-order valence-corrected chi connectivity index (χ2v) is 4.48. The molecule has 1 aromatic rings. The Kier molecular flexibility index (Phi) is 3.02. The first-order chi connectivity index (χ1) is 8.83. The molecule has 18 heavy (non-hydrogen) atoms. The number of allylic oxidation sites excluding steroid dienone is 1. The number of carbonyl (C=O) groups excluding carboxylic acids is 1. The highest BCUT2D eigenvalue weighted by molar-refractivity contribution is 5.77. The van der Waals surface area contributed by atoms with E-state index in [1.807, 2.05) is 12.1 Å². The molecule has 2 aliphatic rings. The van der Waals surface area contributed by atoms with Crippen molar-refractivity contribution in [1.29, 1.82) is 0 Å². The van der Waals surface area contributed by atoms with Gasteiger partial charge in [-0.3, -0.25) is 4.79 Å². The van der Waals surface area contributed by atoms with Gasteiger partial charge in [-0.05, 0) is 18.1 Å². The predicted molar refractivity (Wildman–Crippen MR) is 67.4 cm³/mol. The number of fused-ring (bicyclic) bond motifs is 1. The maximum absolute atomic E-state index is 11.0. The molecule has 4 heteroatoms. The van der Waals surface area contributed by atoms with Crippen LogP contribution in [0.3, 0.4) is 0 Å². The average molecular weight is 245 g/mol. The molecule has 1 atom stereocenters. The lowest BCUT2D eigenvalue weighted by Gasteiger charge is -2.23. The van der Waals surface area contributed by atoms with Crippen molar-refractivity contribution in [2.75, 3.05) is 19.8 Å². The molecule has 1 N–H and O–H groups in total. The lowest BCUT2D eigenvalue weighted by Crippen LogP contribution is -2.45. The summed E-state index contributed by atoms with van der Waals surface area (Å²) in [6, 6.07) is 6.06. The average Bonchev–Trinajstić information content (AvgIpc) is 2.87. The van der Waals surface area contributed by atoms with Gasteiger partial charge in [0.2, 0.25) is 5.91 Å². The Morgan fingerprint density at radius 1 is 1.44 bits per heavy atom. The SMILES string of the molecule is O=C1CO[C@@H](COc2cccc3c2CC=C3)CN1. The van der Waals surface area contributed by atoms with E-state index >= 15 is 0 Å². The number of hydrogen-bond acceptors (Lipinski definition) is 3. The van der Waals surface area contributed by atoms with Crippen LogP contribution in [0, 0.1) is 0 Å². The predicted octanol–water partition coefficient (Wildman–Crippen LogP) is 1.15. The second-order valence-electron chi connectivity index (χ2n) is 4.48. The summed E-state index contributed by atoms with van der Waals surface area (Å²) in [4.78, 5) is 11.0. The van der Waals surface area contributed by atoms with Crippen LogP contribution >= 0.6 is 0 Å². The van der Waals surface area contributed by atoms with E-state index in [0.717, 1.165) is 12.2 Å². The Balaban J connectivity index is 1.61. The molecule has 3 rings (SSSR count). The fourth-order valence-electron chi connectivity index (χ4n) is 2.22. The Morgan fingerprint density at radius 2 is 2.39 bits per heavy atom. The van der Waals surface area contributed by atoms with Gasteiger partial charge < -0.3 is 14.8 Å². The van der Waals surface area contributed by atoms with Crippen LogP contribution in [0.4, 0.5) is 0 Å². The van der Waals surface area contributed by atoms with E-state index in [9.17, 15) is 4.79 Å². The van der Waals surface area contributed by atoms with Crippen LogP contribution in [-0.4, -0.2) is 31.8 Å². The minimum Gasteiger partial charge on any atom is -0.490 e. The molecule has 1 fully saturated rings. The smallest absolute Gasteiger partial charge is 0.246 e. The summed E-state index contributed by atoms with van der Waals surface area (Å²) in [6.45, 7) is 1.12. The molecule has 0 aromatic heterocycles. The number of carbonyl (C=O) groups is 1. The number of ether oxygens (including phenoxy) is 2. The number of nitrogens with one attached hydrogen (secondary N) is 1. The second kappa shape index (κ2) is 4.82. The quantitative estimate of drug-likeness (QED) is 0.869. The van der Waals surface area contributed by atoms with Gasteiger partial charge in [0.1, 0.15) is 25.1 Å². The molecule has 1 aromatic carbocycles. The number of rotatable bonds is 3. The maximum Gasteiger partial charge on any atom is 0.246 e. The standard InChI is InChI=1S/C14H15NO3/c16-14-9-17-11(7-15-14)8-18-13-6-2-4-10-3-1-5-12(10)13/h1-4,6,11H,5,7-9H2,(H,15,16)/t11-/m1/s1. The van der Waals surface area contributed by atoms with Crippen molar-refractivity contribution in [2.24, 2.45) is 0 Å². The van der Waals surface area contributed by atoms with E-state index in [2.05, 4.69) is 23.5 Å². The van der Waals surface area contributed by atoms with Crippen molar-refractivity contribution in [3.63, 3.8) is 0 Å². The normalized spacial score (nSPS) is 21.6. The molecular weight excluding hydrogens is 230 g/mol. The number of hydrogen-bond donors (Lipinski definition) is 1. The molecule has 0 unspecified atom stereocenters. The van der Waals surface area contributed by atoms with E-state index in [-0.39, 0.29) is 18.6 Å². The van der Waals surface area contributed by atoms with Crippen molar-refractivity contribution in [3.8, 4) is 5.75 Å². The highest BCUT2D eigenvalue weighted by Gasteiger charge is 2.19. The van der Waals surface area contributed by atoms with Gasteiger partial charge in [-0.1, -0.05) is 24.3 Å². The Hall–Kier alpha value is -1.81.